The van der Waals surface area contributed by atoms with Gasteiger partial charge in [-0.1, -0.05) is 0 Å². The molecule has 3 heterocycles. The molecule has 1 saturated heterocycles. The van der Waals surface area contributed by atoms with Crippen LogP contribution in [-0.4, -0.2) is 57.2 Å². The predicted octanol–water partition coefficient (Wildman–Crippen LogP) is 1.40. The highest BCUT2D eigenvalue weighted by Gasteiger charge is 2.53. The average Bonchev–Trinajstić information content (AvgIpc) is 3.07. The van der Waals surface area contributed by atoms with E-state index in [1.165, 1.54) is 4.90 Å². The monoisotopic (exact) mass is 339 g/mol. The Balaban J connectivity index is 2.09. The van der Waals surface area contributed by atoms with Gasteiger partial charge in [0.25, 0.3) is 11.8 Å². The van der Waals surface area contributed by atoms with Crippen LogP contribution in [0.2, 0.25) is 0 Å². The summed E-state index contributed by atoms with van der Waals surface area (Å²) in [6, 6.07) is 3.53. The van der Waals surface area contributed by atoms with Crippen molar-refractivity contribution in [3.8, 4) is 0 Å². The molecule has 0 bridgehead atoms. The fourth-order valence-electron chi connectivity index (χ4n) is 3.32. The first kappa shape index (κ1) is 17.0. The van der Waals surface area contributed by atoms with Crippen LogP contribution >= 0.6 is 0 Å². The Bertz CT molecular complexity index is 776. The largest absolute Gasteiger partial charge is 0.346 e. The molecule has 130 valence electrons. The van der Waals surface area contributed by atoms with Crippen LogP contribution in [0.25, 0.3) is 0 Å². The van der Waals surface area contributed by atoms with Gasteiger partial charge in [-0.05, 0) is 31.9 Å². The Morgan fingerprint density at radius 2 is 1.96 bits per heavy atom. The normalized spacial score (nSPS) is 19.7. The van der Waals surface area contributed by atoms with Gasteiger partial charge in [0.05, 0.1) is 17.5 Å². The summed E-state index contributed by atoms with van der Waals surface area (Å²) in [5, 5.41) is 0. The van der Waals surface area contributed by atoms with E-state index in [1.807, 2.05) is 6.92 Å². The van der Waals surface area contributed by atoms with E-state index in [9.17, 15) is 9.59 Å². The number of nitrogens with zero attached hydrogens (tertiary/aromatic N) is 5. The molecule has 1 atom stereocenters. The van der Waals surface area contributed by atoms with Crippen molar-refractivity contribution in [2.24, 2.45) is 0 Å². The highest BCUT2D eigenvalue weighted by Crippen LogP contribution is 2.40. The second kappa shape index (κ2) is 6.58. The zero-order valence-electron chi connectivity index (χ0n) is 14.6. The molecular formula is C18H21N5O2. The maximum atomic E-state index is 13.1. The van der Waals surface area contributed by atoms with Gasteiger partial charge in [0, 0.05) is 44.9 Å². The number of aromatic nitrogens is 3. The standard InChI is InChI=1S/C18H21N5O2/c1-13-5-6-14(11-21-13)16(24)23-10-4-7-18(23,17(25)22(2)3)15-12-19-8-9-20-15/h5-6,8-9,11-12H,4,7,10H2,1-3H3. The quantitative estimate of drug-likeness (QED) is 0.844. The minimum Gasteiger partial charge on any atom is -0.346 e. The third kappa shape index (κ3) is 2.86. The van der Waals surface area contributed by atoms with E-state index >= 15 is 0 Å². The van der Waals surface area contributed by atoms with E-state index < -0.39 is 5.54 Å². The number of amides is 2. The molecule has 0 saturated carbocycles. The van der Waals surface area contributed by atoms with Crippen molar-refractivity contribution in [2.45, 2.75) is 25.3 Å². The molecule has 25 heavy (non-hydrogen) atoms. The number of hydrogen-bond donors (Lipinski definition) is 0. The smallest absolute Gasteiger partial charge is 0.256 e. The Morgan fingerprint density at radius 3 is 2.56 bits per heavy atom. The van der Waals surface area contributed by atoms with Gasteiger partial charge in [-0.15, -0.1) is 0 Å². The summed E-state index contributed by atoms with van der Waals surface area (Å²) in [5.74, 6) is -0.384. The lowest BCUT2D eigenvalue weighted by atomic mass is 9.89. The van der Waals surface area contributed by atoms with Crippen LogP contribution in [0.1, 0.15) is 34.6 Å². The number of likely N-dealkylation sites (N-methyl/N-ethyl adjacent to an activating group) is 1. The van der Waals surface area contributed by atoms with Crippen molar-refractivity contribution in [3.63, 3.8) is 0 Å². The summed E-state index contributed by atoms with van der Waals surface area (Å²) in [6.45, 7) is 2.35. The Hall–Kier alpha value is -2.83. The molecule has 7 heteroatoms. The third-order valence-corrected chi connectivity index (χ3v) is 4.53. The maximum Gasteiger partial charge on any atom is 0.256 e. The lowest BCUT2D eigenvalue weighted by Crippen LogP contribution is -2.55. The van der Waals surface area contributed by atoms with Crippen molar-refractivity contribution in [2.75, 3.05) is 20.6 Å². The molecule has 0 spiro atoms. The van der Waals surface area contributed by atoms with Crippen LogP contribution in [-0.2, 0) is 10.3 Å². The second-order valence-electron chi connectivity index (χ2n) is 6.40. The molecule has 0 aliphatic carbocycles. The lowest BCUT2D eigenvalue weighted by molar-refractivity contribution is -0.140. The summed E-state index contributed by atoms with van der Waals surface area (Å²) in [6.07, 6.45) is 7.48. The van der Waals surface area contributed by atoms with Gasteiger partial charge in [-0.25, -0.2) is 0 Å². The maximum absolute atomic E-state index is 13.1. The van der Waals surface area contributed by atoms with Crippen molar-refractivity contribution >= 4 is 11.8 Å². The summed E-state index contributed by atoms with van der Waals surface area (Å²) >= 11 is 0. The van der Waals surface area contributed by atoms with Crippen LogP contribution in [0.5, 0.6) is 0 Å². The van der Waals surface area contributed by atoms with Gasteiger partial charge in [-0.3, -0.25) is 24.5 Å². The molecule has 2 aromatic heterocycles. The SMILES string of the molecule is Cc1ccc(C(=O)N2CCCC2(C(=O)N(C)C)c2cnccn2)cn1. The van der Waals surface area contributed by atoms with E-state index in [2.05, 4.69) is 15.0 Å². The van der Waals surface area contributed by atoms with Gasteiger partial charge < -0.3 is 9.80 Å². The van der Waals surface area contributed by atoms with Crippen LogP contribution in [0, 0.1) is 6.92 Å². The summed E-state index contributed by atoms with van der Waals surface area (Å²) < 4.78 is 0. The van der Waals surface area contributed by atoms with E-state index in [0.29, 0.717) is 24.2 Å². The molecular weight excluding hydrogens is 318 g/mol. The molecule has 1 aliphatic heterocycles. The number of carbonyl (C=O) groups is 2. The summed E-state index contributed by atoms with van der Waals surface area (Å²) in [5.41, 5.74) is 0.675. The molecule has 0 aromatic carbocycles. The molecule has 0 radical (unpaired) electrons. The fourth-order valence-corrected chi connectivity index (χ4v) is 3.32. The van der Waals surface area contributed by atoms with Gasteiger partial charge in [-0.2, -0.15) is 0 Å². The molecule has 1 aliphatic rings. The van der Waals surface area contributed by atoms with Crippen LogP contribution in [0.15, 0.2) is 36.9 Å². The first-order valence-corrected chi connectivity index (χ1v) is 8.19. The number of aryl methyl sites for hydroxylation is 1. The molecule has 1 fully saturated rings. The van der Waals surface area contributed by atoms with E-state index in [0.717, 1.165) is 12.1 Å². The topological polar surface area (TPSA) is 79.3 Å². The molecule has 3 rings (SSSR count). The highest BCUT2D eigenvalue weighted by molar-refractivity contribution is 5.99. The van der Waals surface area contributed by atoms with Crippen molar-refractivity contribution in [1.29, 1.82) is 0 Å². The molecule has 2 amide bonds. The van der Waals surface area contributed by atoms with Crippen LogP contribution in [0.4, 0.5) is 0 Å². The first-order chi connectivity index (χ1) is 12.0. The fraction of sp³-hybridized carbons (Fsp3) is 0.389. The molecule has 1 unspecified atom stereocenters. The van der Waals surface area contributed by atoms with Crippen molar-refractivity contribution in [3.05, 3.63) is 53.9 Å². The molecule has 2 aromatic rings. The van der Waals surface area contributed by atoms with Gasteiger partial charge in [0.1, 0.15) is 0 Å². The Labute approximate surface area is 146 Å². The summed E-state index contributed by atoms with van der Waals surface area (Å²) in [7, 11) is 3.38. The number of likely N-dealkylation sites (tertiary alicyclic amines) is 1. The van der Waals surface area contributed by atoms with Crippen molar-refractivity contribution < 1.29 is 9.59 Å². The first-order valence-electron chi connectivity index (χ1n) is 8.19. The zero-order chi connectivity index (χ0) is 18.0. The molecule has 7 nitrogen and oxygen atoms in total. The van der Waals surface area contributed by atoms with E-state index in [4.69, 9.17) is 0 Å². The average molecular weight is 339 g/mol. The van der Waals surface area contributed by atoms with Crippen molar-refractivity contribution in [1.82, 2.24) is 24.8 Å². The number of rotatable bonds is 3. The molecule has 0 N–H and O–H groups in total. The van der Waals surface area contributed by atoms with Gasteiger partial charge in [0.2, 0.25) is 0 Å². The number of pyridine rings is 1. The Morgan fingerprint density at radius 1 is 1.16 bits per heavy atom. The minimum absolute atomic E-state index is 0.168. The second-order valence-corrected chi connectivity index (χ2v) is 6.40. The van der Waals surface area contributed by atoms with E-state index in [-0.39, 0.29) is 11.8 Å². The van der Waals surface area contributed by atoms with Gasteiger partial charge in [0.15, 0.2) is 5.54 Å². The predicted molar refractivity (Wildman–Crippen MR) is 91.6 cm³/mol. The minimum atomic E-state index is -1.13. The van der Waals surface area contributed by atoms with Crippen LogP contribution in [0.3, 0.4) is 0 Å². The summed E-state index contributed by atoms with van der Waals surface area (Å²) in [4.78, 5) is 42.1. The van der Waals surface area contributed by atoms with Crippen LogP contribution < -0.4 is 0 Å². The Kier molecular flexibility index (Phi) is 4.48. The third-order valence-electron chi connectivity index (χ3n) is 4.53. The van der Waals surface area contributed by atoms with E-state index in [1.54, 1.807) is 55.9 Å². The number of carbonyl (C=O) groups excluding carboxylic acids is 2. The lowest BCUT2D eigenvalue weighted by Gasteiger charge is -2.38. The van der Waals surface area contributed by atoms with Gasteiger partial charge >= 0.3 is 0 Å². The zero-order valence-corrected chi connectivity index (χ0v) is 14.6. The highest BCUT2D eigenvalue weighted by atomic mass is 16.2. The number of hydrogen-bond acceptors (Lipinski definition) is 5.